The molecule has 0 amide bonds. The van der Waals surface area contributed by atoms with Crippen molar-refractivity contribution >= 4 is 11.3 Å². The number of hydrogen-bond acceptors (Lipinski definition) is 4. The fourth-order valence-electron chi connectivity index (χ4n) is 1.48. The molecule has 0 aromatic carbocycles. The average molecular weight is 198 g/mol. The fourth-order valence-corrected chi connectivity index (χ4v) is 2.10. The Bertz CT molecular complexity index is 246. The van der Waals surface area contributed by atoms with E-state index in [0.717, 1.165) is 13.1 Å². The van der Waals surface area contributed by atoms with Gasteiger partial charge in [-0.3, -0.25) is 9.88 Å². The van der Waals surface area contributed by atoms with E-state index in [1.165, 1.54) is 17.7 Å². The second kappa shape index (κ2) is 4.17. The van der Waals surface area contributed by atoms with Crippen molar-refractivity contribution < 1.29 is 5.11 Å². The minimum Gasteiger partial charge on any atom is -0.395 e. The van der Waals surface area contributed by atoms with Gasteiger partial charge in [-0.2, -0.15) is 0 Å². The molecule has 1 fully saturated rings. The van der Waals surface area contributed by atoms with Crippen LogP contribution in [-0.4, -0.2) is 34.2 Å². The summed E-state index contributed by atoms with van der Waals surface area (Å²) in [5.74, 6) is 0. The Morgan fingerprint density at radius 2 is 2.46 bits per heavy atom. The molecule has 1 aromatic heterocycles. The molecule has 1 aromatic rings. The molecule has 1 heterocycles. The second-order valence-electron chi connectivity index (χ2n) is 3.39. The quantitative estimate of drug-likeness (QED) is 0.769. The molecular weight excluding hydrogens is 184 g/mol. The third-order valence-electron chi connectivity index (χ3n) is 2.29. The van der Waals surface area contributed by atoms with E-state index in [4.69, 9.17) is 5.11 Å². The fraction of sp³-hybridized carbons (Fsp3) is 0.667. The summed E-state index contributed by atoms with van der Waals surface area (Å²) in [7, 11) is 0. The average Bonchev–Trinajstić information content (AvgIpc) is 2.85. The zero-order chi connectivity index (χ0) is 9.10. The van der Waals surface area contributed by atoms with Crippen molar-refractivity contribution in [3.63, 3.8) is 0 Å². The van der Waals surface area contributed by atoms with Crippen LogP contribution in [0, 0.1) is 0 Å². The third-order valence-corrected chi connectivity index (χ3v) is 3.06. The van der Waals surface area contributed by atoms with Crippen molar-refractivity contribution in [3.05, 3.63) is 16.6 Å². The van der Waals surface area contributed by atoms with Gasteiger partial charge >= 0.3 is 0 Å². The topological polar surface area (TPSA) is 36.4 Å². The lowest BCUT2D eigenvalue weighted by Crippen LogP contribution is -2.28. The molecule has 0 spiro atoms. The number of rotatable bonds is 5. The summed E-state index contributed by atoms with van der Waals surface area (Å²) in [6.45, 7) is 2.01. The smallest absolute Gasteiger partial charge is 0.0794 e. The highest BCUT2D eigenvalue weighted by Crippen LogP contribution is 2.28. The molecule has 1 aliphatic rings. The number of hydrogen-bond donors (Lipinski definition) is 1. The van der Waals surface area contributed by atoms with Crippen LogP contribution in [0.5, 0.6) is 0 Å². The number of nitrogens with zero attached hydrogens (tertiary/aromatic N) is 2. The van der Waals surface area contributed by atoms with Crippen LogP contribution in [0.3, 0.4) is 0 Å². The highest BCUT2D eigenvalue weighted by atomic mass is 32.1. The Labute approximate surface area is 82.0 Å². The van der Waals surface area contributed by atoms with Gasteiger partial charge in [-0.15, -0.1) is 11.3 Å². The first-order valence-corrected chi connectivity index (χ1v) is 5.50. The monoisotopic (exact) mass is 198 g/mol. The molecule has 3 nitrogen and oxygen atoms in total. The summed E-state index contributed by atoms with van der Waals surface area (Å²) in [6.07, 6.45) is 4.50. The molecule has 0 saturated heterocycles. The van der Waals surface area contributed by atoms with Gasteiger partial charge in [0.1, 0.15) is 0 Å². The predicted molar refractivity (Wildman–Crippen MR) is 52.6 cm³/mol. The molecule has 0 atom stereocenters. The maximum Gasteiger partial charge on any atom is 0.0794 e. The second-order valence-corrected chi connectivity index (χ2v) is 4.36. The summed E-state index contributed by atoms with van der Waals surface area (Å²) in [6, 6.07) is 0.717. The normalized spacial score (nSPS) is 16.8. The summed E-state index contributed by atoms with van der Waals surface area (Å²) in [4.78, 5) is 7.68. The van der Waals surface area contributed by atoms with Gasteiger partial charge in [-0.1, -0.05) is 0 Å². The van der Waals surface area contributed by atoms with Crippen molar-refractivity contribution in [3.8, 4) is 0 Å². The third kappa shape index (κ3) is 2.49. The number of aromatic nitrogens is 1. The van der Waals surface area contributed by atoms with E-state index >= 15 is 0 Å². The van der Waals surface area contributed by atoms with Crippen LogP contribution in [-0.2, 0) is 6.54 Å². The van der Waals surface area contributed by atoms with E-state index < -0.39 is 0 Å². The van der Waals surface area contributed by atoms with Crippen LogP contribution in [0.1, 0.15) is 17.7 Å². The molecule has 1 N–H and O–H groups in total. The summed E-state index contributed by atoms with van der Waals surface area (Å²) < 4.78 is 0. The van der Waals surface area contributed by atoms with E-state index in [0.29, 0.717) is 6.04 Å². The summed E-state index contributed by atoms with van der Waals surface area (Å²) in [5.41, 5.74) is 1.86. The van der Waals surface area contributed by atoms with Crippen LogP contribution in [0.4, 0.5) is 0 Å². The van der Waals surface area contributed by atoms with Crippen molar-refractivity contribution in [2.24, 2.45) is 0 Å². The maximum atomic E-state index is 8.89. The number of aliphatic hydroxyl groups is 1. The van der Waals surface area contributed by atoms with Crippen molar-refractivity contribution in [2.45, 2.75) is 25.4 Å². The van der Waals surface area contributed by atoms with Gasteiger partial charge < -0.3 is 5.11 Å². The van der Waals surface area contributed by atoms with E-state index in [1.54, 1.807) is 11.3 Å². The Balaban J connectivity index is 1.89. The zero-order valence-corrected chi connectivity index (χ0v) is 8.33. The lowest BCUT2D eigenvalue weighted by atomic mass is 10.4. The van der Waals surface area contributed by atoms with E-state index in [1.807, 2.05) is 11.7 Å². The largest absolute Gasteiger partial charge is 0.395 e. The van der Waals surface area contributed by atoms with Crippen LogP contribution in [0.15, 0.2) is 11.7 Å². The SMILES string of the molecule is OCCN(Cc1cncs1)C1CC1. The van der Waals surface area contributed by atoms with Gasteiger partial charge in [0.15, 0.2) is 0 Å². The first-order valence-electron chi connectivity index (χ1n) is 4.62. The Morgan fingerprint density at radius 1 is 1.62 bits per heavy atom. The van der Waals surface area contributed by atoms with Gasteiger partial charge in [0, 0.05) is 30.2 Å². The minimum atomic E-state index is 0.259. The van der Waals surface area contributed by atoms with E-state index in [9.17, 15) is 0 Å². The van der Waals surface area contributed by atoms with Gasteiger partial charge in [0.25, 0.3) is 0 Å². The van der Waals surface area contributed by atoms with Crippen LogP contribution in [0.2, 0.25) is 0 Å². The first-order chi connectivity index (χ1) is 6.40. The number of aliphatic hydroxyl groups excluding tert-OH is 1. The van der Waals surface area contributed by atoms with E-state index in [2.05, 4.69) is 9.88 Å². The van der Waals surface area contributed by atoms with Gasteiger partial charge in [-0.25, -0.2) is 0 Å². The van der Waals surface area contributed by atoms with Crippen molar-refractivity contribution in [2.75, 3.05) is 13.2 Å². The molecule has 0 radical (unpaired) electrons. The lowest BCUT2D eigenvalue weighted by molar-refractivity contribution is 0.184. The van der Waals surface area contributed by atoms with Gasteiger partial charge in [-0.05, 0) is 12.8 Å². The van der Waals surface area contributed by atoms with Crippen LogP contribution in [0.25, 0.3) is 0 Å². The van der Waals surface area contributed by atoms with Gasteiger partial charge in [0.2, 0.25) is 0 Å². The van der Waals surface area contributed by atoms with Crippen LogP contribution >= 0.6 is 11.3 Å². The molecule has 72 valence electrons. The highest BCUT2D eigenvalue weighted by Gasteiger charge is 2.28. The molecule has 1 saturated carbocycles. The number of thiazole rings is 1. The molecule has 0 bridgehead atoms. The summed E-state index contributed by atoms with van der Waals surface area (Å²) >= 11 is 1.69. The Morgan fingerprint density at radius 3 is 3.00 bits per heavy atom. The standard InChI is InChI=1S/C9H14N2OS/c12-4-3-11(8-1-2-8)6-9-5-10-7-13-9/h5,7-8,12H,1-4,6H2. The van der Waals surface area contributed by atoms with Gasteiger partial charge in [0.05, 0.1) is 12.1 Å². The Kier molecular flexibility index (Phi) is 2.93. The minimum absolute atomic E-state index is 0.259. The molecule has 0 aliphatic heterocycles. The predicted octanol–water partition coefficient (Wildman–Crippen LogP) is 1.10. The Hall–Kier alpha value is -0.450. The molecule has 13 heavy (non-hydrogen) atoms. The summed E-state index contributed by atoms with van der Waals surface area (Å²) in [5, 5.41) is 8.89. The molecule has 4 heteroatoms. The molecule has 2 rings (SSSR count). The molecule has 1 aliphatic carbocycles. The molecular formula is C9H14N2OS. The van der Waals surface area contributed by atoms with E-state index in [-0.39, 0.29) is 6.61 Å². The maximum absolute atomic E-state index is 8.89. The van der Waals surface area contributed by atoms with Crippen molar-refractivity contribution in [1.82, 2.24) is 9.88 Å². The zero-order valence-electron chi connectivity index (χ0n) is 7.52. The highest BCUT2D eigenvalue weighted by molar-refractivity contribution is 7.09. The first kappa shape index (κ1) is 9.12. The lowest BCUT2D eigenvalue weighted by Gasteiger charge is -2.19. The van der Waals surface area contributed by atoms with Crippen molar-refractivity contribution in [1.29, 1.82) is 0 Å². The molecule has 0 unspecified atom stereocenters. The van der Waals surface area contributed by atoms with Crippen LogP contribution < -0.4 is 0 Å².